The van der Waals surface area contributed by atoms with Crippen molar-refractivity contribution in [3.63, 3.8) is 0 Å². The lowest BCUT2D eigenvalue weighted by Crippen LogP contribution is -2.56. The Bertz CT molecular complexity index is 252. The molecule has 4 heteroatoms. The Balaban J connectivity index is 3.03. The van der Waals surface area contributed by atoms with Crippen molar-refractivity contribution in [2.45, 2.75) is 66.5 Å². The molecule has 0 bridgehead atoms. The normalized spacial score (nSPS) is 25.2. The second kappa shape index (κ2) is 4.63. The lowest BCUT2D eigenvalue weighted by atomic mass is 9.90. The van der Waals surface area contributed by atoms with Crippen LogP contribution >= 0.6 is 18.8 Å². The van der Waals surface area contributed by atoms with Gasteiger partial charge in [0.25, 0.3) is 0 Å². The third-order valence-electron chi connectivity index (χ3n) is 3.10. The van der Waals surface area contributed by atoms with Gasteiger partial charge >= 0.3 is 0 Å². The molecule has 102 valence electrons. The van der Waals surface area contributed by atoms with Crippen molar-refractivity contribution >= 4 is 18.8 Å². The number of hydrogen-bond donors (Lipinski definition) is 0. The summed E-state index contributed by atoms with van der Waals surface area (Å²) in [5, 5.41) is 0. The van der Waals surface area contributed by atoms with E-state index >= 15 is 0 Å². The number of rotatable bonds is 0. The van der Waals surface area contributed by atoms with Crippen LogP contribution in [-0.4, -0.2) is 33.5 Å². The van der Waals surface area contributed by atoms with Crippen LogP contribution < -0.4 is 0 Å². The minimum Gasteiger partial charge on any atom is -0.252 e. The fourth-order valence-electron chi connectivity index (χ4n) is 2.08. The van der Waals surface area contributed by atoms with Crippen molar-refractivity contribution in [2.75, 3.05) is 13.1 Å². The molecule has 1 saturated heterocycles. The Morgan fingerprint density at radius 1 is 0.882 bits per heavy atom. The van der Waals surface area contributed by atoms with Crippen molar-refractivity contribution in [3.05, 3.63) is 0 Å². The molecule has 2 nitrogen and oxygen atoms in total. The van der Waals surface area contributed by atoms with Crippen LogP contribution in [0.25, 0.3) is 0 Å². The quantitative estimate of drug-likeness (QED) is 0.593. The van der Waals surface area contributed by atoms with Gasteiger partial charge < -0.3 is 0 Å². The van der Waals surface area contributed by atoms with E-state index in [0.29, 0.717) is 5.41 Å². The monoisotopic (exact) mass is 278 g/mol. The zero-order valence-electron chi connectivity index (χ0n) is 12.6. The van der Waals surface area contributed by atoms with Gasteiger partial charge in [-0.15, -0.1) is 0 Å². The molecular weight excluding hydrogens is 251 g/mol. The van der Waals surface area contributed by atoms with Gasteiger partial charge in [0.2, 0.25) is 0 Å². The van der Waals surface area contributed by atoms with Crippen LogP contribution in [0.2, 0.25) is 0 Å². The maximum atomic E-state index is 6.76. The zero-order valence-corrected chi connectivity index (χ0v) is 14.3. The summed E-state index contributed by atoms with van der Waals surface area (Å²) < 4.78 is 4.94. The highest BCUT2D eigenvalue weighted by molar-refractivity contribution is 7.80. The summed E-state index contributed by atoms with van der Waals surface area (Å²) in [4.78, 5) is 0. The molecule has 0 aromatic rings. The molecule has 0 atom stereocenters. The smallest absolute Gasteiger partial charge is 0.141 e. The Morgan fingerprint density at radius 3 is 1.41 bits per heavy atom. The molecule has 1 heterocycles. The summed E-state index contributed by atoms with van der Waals surface area (Å²) >= 11 is 6.76. The molecule has 1 aliphatic heterocycles. The average Bonchev–Trinajstić information content (AvgIpc) is 2.04. The second-order valence-corrected chi connectivity index (χ2v) is 10.2. The highest BCUT2D eigenvalue weighted by Crippen LogP contribution is 2.60. The lowest BCUT2D eigenvalue weighted by molar-refractivity contribution is 0.0875. The summed E-state index contributed by atoms with van der Waals surface area (Å²) in [6.45, 7) is 20.4. The fraction of sp³-hybridized carbons (Fsp3) is 1.00. The maximum absolute atomic E-state index is 6.76. The van der Waals surface area contributed by atoms with Crippen molar-refractivity contribution in [3.8, 4) is 0 Å². The molecule has 0 spiro atoms. The average molecular weight is 279 g/mol. The fourth-order valence-corrected chi connectivity index (χ4v) is 6.01. The summed E-state index contributed by atoms with van der Waals surface area (Å²) in [7, 11) is -0.714. The first-order valence-electron chi connectivity index (χ1n) is 6.36. The van der Waals surface area contributed by atoms with Gasteiger partial charge in [0.1, 0.15) is 7.58 Å². The molecule has 0 aromatic carbocycles. The molecule has 0 N–H and O–H groups in total. The van der Waals surface area contributed by atoms with E-state index in [1.165, 1.54) is 0 Å². The summed E-state index contributed by atoms with van der Waals surface area (Å²) in [6, 6.07) is 0. The van der Waals surface area contributed by atoms with E-state index in [4.69, 9.17) is 11.2 Å². The Labute approximate surface area is 113 Å². The SMILES string of the molecule is CC1(C)CN(C(C)(C)C)P(Cl)N(C(C)(C)C)C1. The lowest BCUT2D eigenvalue weighted by Gasteiger charge is -2.55. The van der Waals surface area contributed by atoms with E-state index in [2.05, 4.69) is 64.7 Å². The summed E-state index contributed by atoms with van der Waals surface area (Å²) in [5.74, 6) is 0. The van der Waals surface area contributed by atoms with Gasteiger partial charge in [-0.2, -0.15) is 0 Å². The van der Waals surface area contributed by atoms with Crippen LogP contribution in [0.5, 0.6) is 0 Å². The molecule has 0 aliphatic carbocycles. The number of halogens is 1. The predicted octanol–water partition coefficient (Wildman–Crippen LogP) is 4.69. The number of hydrogen-bond acceptors (Lipinski definition) is 2. The molecule has 0 aromatic heterocycles. The third kappa shape index (κ3) is 3.80. The van der Waals surface area contributed by atoms with Crippen molar-refractivity contribution in [2.24, 2.45) is 5.41 Å². The van der Waals surface area contributed by atoms with Crippen LogP contribution in [-0.2, 0) is 0 Å². The van der Waals surface area contributed by atoms with Crippen LogP contribution in [0.3, 0.4) is 0 Å². The largest absolute Gasteiger partial charge is 0.252 e. The predicted molar refractivity (Wildman–Crippen MR) is 79.5 cm³/mol. The highest BCUT2D eigenvalue weighted by atomic mass is 35.7. The molecule has 0 amide bonds. The van der Waals surface area contributed by atoms with Gasteiger partial charge in [-0.3, -0.25) is 9.34 Å². The second-order valence-electron chi connectivity index (χ2n) is 7.86. The topological polar surface area (TPSA) is 6.48 Å². The first-order chi connectivity index (χ1) is 7.34. The molecule has 1 rings (SSSR count). The molecule has 17 heavy (non-hydrogen) atoms. The van der Waals surface area contributed by atoms with E-state index in [0.717, 1.165) is 13.1 Å². The van der Waals surface area contributed by atoms with Crippen LogP contribution in [0.4, 0.5) is 0 Å². The molecule has 1 aliphatic rings. The van der Waals surface area contributed by atoms with Gasteiger partial charge in [-0.25, -0.2) is 0 Å². The summed E-state index contributed by atoms with van der Waals surface area (Å²) in [6.07, 6.45) is 0. The van der Waals surface area contributed by atoms with Crippen LogP contribution in [0.1, 0.15) is 55.4 Å². The van der Waals surface area contributed by atoms with Crippen molar-refractivity contribution in [1.82, 2.24) is 9.34 Å². The minimum atomic E-state index is -0.714. The van der Waals surface area contributed by atoms with Gasteiger partial charge in [0.05, 0.1) is 0 Å². The van der Waals surface area contributed by atoms with Crippen LogP contribution in [0, 0.1) is 5.41 Å². The van der Waals surface area contributed by atoms with Gasteiger partial charge in [-0.05, 0) is 47.0 Å². The Morgan fingerprint density at radius 2 is 1.18 bits per heavy atom. The van der Waals surface area contributed by atoms with E-state index in [-0.39, 0.29) is 11.1 Å². The van der Waals surface area contributed by atoms with Gasteiger partial charge in [-0.1, -0.05) is 25.1 Å². The molecular formula is C13H28ClN2P. The van der Waals surface area contributed by atoms with Crippen molar-refractivity contribution in [1.29, 1.82) is 0 Å². The van der Waals surface area contributed by atoms with E-state index in [9.17, 15) is 0 Å². The zero-order chi connectivity index (χ0) is 13.6. The minimum absolute atomic E-state index is 0.134. The first-order valence-corrected chi connectivity index (χ1v) is 8.51. The van der Waals surface area contributed by atoms with E-state index in [1.807, 2.05) is 0 Å². The standard InChI is InChI=1S/C13H28ClN2P/c1-11(2,3)15-9-13(7,8)10-16(17(15)14)12(4,5)6/h9-10H2,1-8H3. The molecule has 0 saturated carbocycles. The van der Waals surface area contributed by atoms with Gasteiger partial charge in [0, 0.05) is 24.2 Å². The Hall–Kier alpha value is 0.640. The highest BCUT2D eigenvalue weighted by Gasteiger charge is 2.45. The third-order valence-corrected chi connectivity index (χ3v) is 6.48. The van der Waals surface area contributed by atoms with Crippen molar-refractivity contribution < 1.29 is 0 Å². The molecule has 0 unspecified atom stereocenters. The van der Waals surface area contributed by atoms with E-state index < -0.39 is 7.58 Å². The summed E-state index contributed by atoms with van der Waals surface area (Å²) in [5.41, 5.74) is 0.567. The van der Waals surface area contributed by atoms with Crippen LogP contribution in [0.15, 0.2) is 0 Å². The van der Waals surface area contributed by atoms with Gasteiger partial charge in [0.15, 0.2) is 0 Å². The molecule has 0 radical (unpaired) electrons. The van der Waals surface area contributed by atoms with E-state index in [1.54, 1.807) is 0 Å². The Kier molecular flexibility index (Phi) is 4.28. The number of nitrogens with zero attached hydrogens (tertiary/aromatic N) is 2. The maximum Gasteiger partial charge on any atom is 0.141 e. The first kappa shape index (κ1) is 15.7. The molecule has 1 fully saturated rings.